The van der Waals surface area contributed by atoms with E-state index in [2.05, 4.69) is 11.1 Å². The molecule has 0 saturated heterocycles. The average molecular weight is 193 g/mol. The van der Waals surface area contributed by atoms with Gasteiger partial charge in [-0.3, -0.25) is 0 Å². The van der Waals surface area contributed by atoms with Crippen molar-refractivity contribution in [3.8, 4) is 6.07 Å². The van der Waals surface area contributed by atoms with E-state index in [0.29, 0.717) is 6.42 Å². The van der Waals surface area contributed by atoms with Gasteiger partial charge in [-0.2, -0.15) is 5.26 Å². The minimum absolute atomic E-state index is 0.176. The van der Waals surface area contributed by atoms with Gasteiger partial charge in [0.2, 0.25) is 0 Å². The first kappa shape index (κ1) is 8.67. The van der Waals surface area contributed by atoms with Gasteiger partial charge in [-0.15, -0.1) is 11.3 Å². The van der Waals surface area contributed by atoms with Crippen LogP contribution < -0.4 is 5.73 Å². The molecule has 0 atom stereocenters. The lowest BCUT2D eigenvalue weighted by Crippen LogP contribution is -2.43. The minimum Gasteiger partial charge on any atom is -0.320 e. The van der Waals surface area contributed by atoms with Gasteiger partial charge in [0.1, 0.15) is 5.01 Å². The normalized spacial score (nSPS) is 19.1. The van der Waals surface area contributed by atoms with Crippen LogP contribution in [0, 0.1) is 11.3 Å². The highest BCUT2D eigenvalue weighted by Gasteiger charge is 2.36. The van der Waals surface area contributed by atoms with E-state index in [1.165, 1.54) is 17.8 Å². The highest BCUT2D eigenvalue weighted by atomic mass is 32.1. The summed E-state index contributed by atoms with van der Waals surface area (Å²) < 4.78 is 0. The third-order valence-corrected chi connectivity index (χ3v) is 3.39. The van der Waals surface area contributed by atoms with Crippen LogP contribution in [-0.2, 0) is 12.0 Å². The molecule has 1 fully saturated rings. The molecule has 1 aromatic heterocycles. The summed E-state index contributed by atoms with van der Waals surface area (Å²) in [5.41, 5.74) is 6.90. The quantitative estimate of drug-likeness (QED) is 0.775. The first-order valence-electron chi connectivity index (χ1n) is 4.35. The number of nitrogens with two attached hydrogens (primary N) is 1. The number of nitriles is 1. The molecule has 3 nitrogen and oxygen atoms in total. The van der Waals surface area contributed by atoms with Gasteiger partial charge >= 0.3 is 0 Å². The van der Waals surface area contributed by atoms with Crippen LogP contribution in [0.25, 0.3) is 0 Å². The topological polar surface area (TPSA) is 62.7 Å². The molecular weight excluding hydrogens is 182 g/mol. The maximum absolute atomic E-state index is 8.49. The third kappa shape index (κ3) is 1.45. The molecule has 4 heteroatoms. The Morgan fingerprint density at radius 3 is 3.00 bits per heavy atom. The monoisotopic (exact) mass is 193 g/mol. The summed E-state index contributed by atoms with van der Waals surface area (Å²) in [6, 6.07) is 2.09. The molecule has 1 saturated carbocycles. The van der Waals surface area contributed by atoms with Crippen LogP contribution in [0.4, 0.5) is 0 Å². The Balaban J connectivity index is 2.18. The zero-order valence-corrected chi connectivity index (χ0v) is 8.10. The lowest BCUT2D eigenvalue weighted by molar-refractivity contribution is 0.247. The van der Waals surface area contributed by atoms with Crippen molar-refractivity contribution in [3.63, 3.8) is 0 Å². The van der Waals surface area contributed by atoms with Crippen LogP contribution >= 0.6 is 11.3 Å². The van der Waals surface area contributed by atoms with E-state index in [1.807, 2.05) is 5.38 Å². The van der Waals surface area contributed by atoms with Crippen molar-refractivity contribution in [2.75, 3.05) is 0 Å². The lowest BCUT2D eigenvalue weighted by Gasteiger charge is -2.36. The molecule has 1 aromatic rings. The second-order valence-corrected chi connectivity index (χ2v) is 4.41. The van der Waals surface area contributed by atoms with Crippen molar-refractivity contribution in [1.29, 1.82) is 5.26 Å². The molecule has 2 rings (SSSR count). The van der Waals surface area contributed by atoms with Crippen molar-refractivity contribution in [1.82, 2.24) is 4.98 Å². The molecule has 2 N–H and O–H groups in total. The van der Waals surface area contributed by atoms with Crippen molar-refractivity contribution in [3.05, 3.63) is 16.1 Å². The summed E-state index contributed by atoms with van der Waals surface area (Å²) >= 11 is 1.54. The molecule has 1 aliphatic rings. The van der Waals surface area contributed by atoms with Crippen molar-refractivity contribution in [2.24, 2.45) is 5.73 Å². The van der Waals surface area contributed by atoms with Gasteiger partial charge in [0, 0.05) is 5.38 Å². The Hall–Kier alpha value is -0.920. The lowest BCUT2D eigenvalue weighted by atomic mass is 9.76. The standard InChI is InChI=1S/C9H11N3S/c10-5-2-8-12-7(6-13-8)9(11)3-1-4-9/h6H,1-4,11H2. The highest BCUT2D eigenvalue weighted by molar-refractivity contribution is 7.09. The summed E-state index contributed by atoms with van der Waals surface area (Å²) in [6.45, 7) is 0. The molecule has 0 amide bonds. The Labute approximate surface area is 81.2 Å². The summed E-state index contributed by atoms with van der Waals surface area (Å²) in [5.74, 6) is 0. The number of aromatic nitrogens is 1. The van der Waals surface area contributed by atoms with Gasteiger partial charge in [-0.25, -0.2) is 4.98 Å². The summed E-state index contributed by atoms with van der Waals surface area (Å²) in [6.07, 6.45) is 3.66. The molecule has 1 aliphatic carbocycles. The van der Waals surface area contributed by atoms with Crippen LogP contribution in [0.1, 0.15) is 30.0 Å². The van der Waals surface area contributed by atoms with Gasteiger partial charge in [0.25, 0.3) is 0 Å². The van der Waals surface area contributed by atoms with Gasteiger partial charge in [-0.1, -0.05) is 0 Å². The van der Waals surface area contributed by atoms with Gasteiger partial charge in [0.05, 0.1) is 23.7 Å². The fourth-order valence-electron chi connectivity index (χ4n) is 1.50. The van der Waals surface area contributed by atoms with Crippen molar-refractivity contribution < 1.29 is 0 Å². The number of hydrogen-bond acceptors (Lipinski definition) is 4. The second-order valence-electron chi connectivity index (χ2n) is 3.47. The first-order valence-corrected chi connectivity index (χ1v) is 5.23. The fraction of sp³-hybridized carbons (Fsp3) is 0.556. The molecule has 0 aliphatic heterocycles. The van der Waals surface area contributed by atoms with Crippen LogP contribution in [-0.4, -0.2) is 4.98 Å². The smallest absolute Gasteiger partial charge is 0.107 e. The maximum atomic E-state index is 8.49. The predicted octanol–water partition coefficient (Wildman–Crippen LogP) is 1.55. The molecule has 68 valence electrons. The molecule has 0 radical (unpaired) electrons. The molecule has 13 heavy (non-hydrogen) atoms. The molecular formula is C9H11N3S. The molecule has 0 unspecified atom stereocenters. The van der Waals surface area contributed by atoms with Crippen LogP contribution in [0.15, 0.2) is 5.38 Å². The molecule has 1 heterocycles. The van der Waals surface area contributed by atoms with Crippen molar-refractivity contribution in [2.45, 2.75) is 31.2 Å². The van der Waals surface area contributed by atoms with E-state index < -0.39 is 0 Å². The van der Waals surface area contributed by atoms with Crippen LogP contribution in [0.3, 0.4) is 0 Å². The number of hydrogen-bond donors (Lipinski definition) is 1. The zero-order valence-electron chi connectivity index (χ0n) is 7.29. The van der Waals surface area contributed by atoms with Gasteiger partial charge < -0.3 is 5.73 Å². The maximum Gasteiger partial charge on any atom is 0.107 e. The van der Waals surface area contributed by atoms with E-state index in [-0.39, 0.29) is 5.54 Å². The van der Waals surface area contributed by atoms with Crippen molar-refractivity contribution >= 4 is 11.3 Å². The number of rotatable bonds is 2. The Kier molecular flexibility index (Phi) is 2.06. The Morgan fingerprint density at radius 2 is 2.46 bits per heavy atom. The molecule has 0 bridgehead atoms. The number of thiazole rings is 1. The predicted molar refractivity (Wildman–Crippen MR) is 51.1 cm³/mol. The van der Waals surface area contributed by atoms with E-state index >= 15 is 0 Å². The van der Waals surface area contributed by atoms with Gasteiger partial charge in [-0.05, 0) is 19.3 Å². The Bertz CT molecular complexity index is 346. The van der Waals surface area contributed by atoms with Crippen LogP contribution in [0.2, 0.25) is 0 Å². The zero-order chi connectivity index (χ0) is 9.31. The van der Waals surface area contributed by atoms with Gasteiger partial charge in [0.15, 0.2) is 0 Å². The first-order chi connectivity index (χ1) is 6.24. The number of nitrogens with zero attached hydrogens (tertiary/aromatic N) is 2. The molecule has 0 aromatic carbocycles. The Morgan fingerprint density at radius 1 is 1.69 bits per heavy atom. The second kappa shape index (κ2) is 3.09. The SMILES string of the molecule is N#CCc1nc(C2(N)CCC2)cs1. The average Bonchev–Trinajstić information content (AvgIpc) is 2.50. The summed E-state index contributed by atoms with van der Waals surface area (Å²) in [7, 11) is 0. The summed E-state index contributed by atoms with van der Waals surface area (Å²) in [5, 5.41) is 11.4. The van der Waals surface area contributed by atoms with E-state index in [1.54, 1.807) is 0 Å². The van der Waals surface area contributed by atoms with Crippen LogP contribution in [0.5, 0.6) is 0 Å². The molecule has 0 spiro atoms. The largest absolute Gasteiger partial charge is 0.320 e. The highest BCUT2D eigenvalue weighted by Crippen LogP contribution is 2.38. The third-order valence-electron chi connectivity index (χ3n) is 2.54. The summed E-state index contributed by atoms with van der Waals surface area (Å²) in [4.78, 5) is 4.36. The van der Waals surface area contributed by atoms with E-state index in [0.717, 1.165) is 23.5 Å². The van der Waals surface area contributed by atoms with E-state index in [9.17, 15) is 0 Å². The van der Waals surface area contributed by atoms with E-state index in [4.69, 9.17) is 11.0 Å². The fourth-order valence-corrected chi connectivity index (χ4v) is 2.34. The minimum atomic E-state index is -0.176.